The summed E-state index contributed by atoms with van der Waals surface area (Å²) in [5.74, 6) is 2.65. The van der Waals surface area contributed by atoms with E-state index in [0.717, 1.165) is 94.5 Å². The highest BCUT2D eigenvalue weighted by Crippen LogP contribution is 2.38. The minimum atomic E-state index is -3.52. The first kappa shape index (κ1) is 102. The molecule has 0 radical (unpaired) electrons. The number of carbonyl (C=O) groups is 1. The molecule has 12 aromatic heterocycles. The van der Waals surface area contributed by atoms with Gasteiger partial charge in [0.15, 0.2) is 62.1 Å². The van der Waals surface area contributed by atoms with Crippen LogP contribution < -0.4 is 52.6 Å². The van der Waals surface area contributed by atoms with Crippen LogP contribution in [0.3, 0.4) is 0 Å². The van der Waals surface area contributed by atoms with Crippen molar-refractivity contribution in [3.63, 3.8) is 0 Å². The van der Waals surface area contributed by atoms with Crippen molar-refractivity contribution >= 4 is 231 Å². The van der Waals surface area contributed by atoms with Crippen LogP contribution in [0, 0.1) is 62.3 Å². The smallest absolute Gasteiger partial charge is 0.372 e. The molecule has 0 spiro atoms. The molecule has 0 unspecified atom stereocenters. The lowest BCUT2D eigenvalue weighted by atomic mass is 10.1. The first-order chi connectivity index (χ1) is 65.9. The third-order valence-electron chi connectivity index (χ3n) is 20.1. The zero-order valence-corrected chi connectivity index (χ0v) is 84.9. The molecule has 0 fully saturated rings. The zero-order valence-electron chi connectivity index (χ0n) is 74.9. The number of hydrogen-bond donors (Lipinski definition) is 7. The molecule has 1 amide bonds. The van der Waals surface area contributed by atoms with E-state index in [1.807, 2.05) is 110 Å². The number of nitrogens with zero attached hydrogens (tertiary/aromatic N) is 23. The lowest BCUT2D eigenvalue weighted by Crippen LogP contribution is -2.20. The Bertz CT molecular complexity index is 8650. The Morgan fingerprint density at radius 3 is 1.29 bits per heavy atom. The Morgan fingerprint density at radius 2 is 0.813 bits per heavy atom. The predicted molar refractivity (Wildman–Crippen MR) is 542 cm³/mol. The number of benzene rings is 7. The van der Waals surface area contributed by atoms with Crippen molar-refractivity contribution in [2.24, 2.45) is 0 Å². The first-order valence-corrected chi connectivity index (χ1v) is 48.7. The average Bonchev–Trinajstić information content (AvgIpc) is 1.61. The second kappa shape index (κ2) is 42.8. The van der Waals surface area contributed by atoms with Crippen LogP contribution in [0.15, 0.2) is 135 Å². The van der Waals surface area contributed by atoms with E-state index in [4.69, 9.17) is 116 Å². The highest BCUT2D eigenvalue weighted by molar-refractivity contribution is 7.99. The second-order valence-electron chi connectivity index (χ2n) is 30.4. The number of hydrogen-bond acceptors (Lipinski definition) is 29. The maximum atomic E-state index is 12.5. The normalized spacial score (nSPS) is 12.4. The van der Waals surface area contributed by atoms with Crippen molar-refractivity contribution in [2.75, 3.05) is 29.5 Å². The molecule has 0 aliphatic rings. The van der Waals surface area contributed by atoms with E-state index in [9.17, 15) is 48.3 Å². The Hall–Kier alpha value is -12.9. The van der Waals surface area contributed by atoms with E-state index in [2.05, 4.69) is 103 Å². The molecule has 0 aliphatic carbocycles. The number of phenolic OH excluding ortho intramolecular Hbond substituents is 5. The fraction of sp³-hybridized carbons (Fsp3) is 0.165. The number of sulfonamides is 1. The van der Waals surface area contributed by atoms with E-state index in [1.54, 1.807) is 126 Å². The van der Waals surface area contributed by atoms with Crippen molar-refractivity contribution in [3.05, 3.63) is 308 Å². The average molecular weight is 2130 g/mol. The van der Waals surface area contributed by atoms with Crippen LogP contribution >= 0.6 is 140 Å². The summed E-state index contributed by atoms with van der Waals surface area (Å²) in [7, 11) is -2.03. The minimum absolute atomic E-state index is 0.0691. The molecular weight excluding hydrogens is 2050 g/mol. The molecule has 0 atom stereocenters. The zero-order chi connectivity index (χ0) is 100. The largest absolute Gasteiger partial charge is 0.506 e. The maximum Gasteiger partial charge on any atom is 0.372 e. The number of carbonyl (C=O) groups excluding carboxylic acids is 1. The van der Waals surface area contributed by atoms with E-state index >= 15 is 0 Å². The highest BCUT2D eigenvalue weighted by atomic mass is 35.5. The fourth-order valence-electron chi connectivity index (χ4n) is 13.8. The number of anilines is 1. The van der Waals surface area contributed by atoms with Gasteiger partial charge in [-0.1, -0.05) is 190 Å². The number of aromatic nitrogens is 23. The van der Waals surface area contributed by atoms with Gasteiger partial charge in [-0.2, -0.15) is 53.6 Å². The summed E-state index contributed by atoms with van der Waals surface area (Å²) in [6, 6.07) is 31.9. The molecular formula is C91H75Cl10N25O10S3. The van der Waals surface area contributed by atoms with Crippen molar-refractivity contribution in [2.45, 2.75) is 86.5 Å². The van der Waals surface area contributed by atoms with Gasteiger partial charge in [0.1, 0.15) is 28.8 Å². The van der Waals surface area contributed by atoms with Gasteiger partial charge in [0, 0.05) is 55.7 Å². The van der Waals surface area contributed by atoms with Crippen LogP contribution in [0.4, 0.5) is 5.69 Å². The molecule has 0 aliphatic heterocycles. The summed E-state index contributed by atoms with van der Waals surface area (Å²) < 4.78 is 34.0. The molecule has 7 N–H and O–H groups in total. The summed E-state index contributed by atoms with van der Waals surface area (Å²) in [5.41, 5.74) is 13.2. The van der Waals surface area contributed by atoms with Crippen molar-refractivity contribution in [3.8, 4) is 40.0 Å². The number of thioether (sulfide) groups is 2. The van der Waals surface area contributed by atoms with Gasteiger partial charge in [0.05, 0.1) is 96.2 Å². The Kier molecular flexibility index (Phi) is 31.4. The van der Waals surface area contributed by atoms with E-state index in [0.29, 0.717) is 100 Å². The Labute approximate surface area is 846 Å². The Morgan fingerprint density at radius 1 is 0.403 bits per heavy atom. The standard InChI is InChI=1S/C20H14Cl2N4O2S.C16H14Cl2N4O3S.C15H14ClN5O2.C14H12Cl2N4OS.C13H10Cl2N4O.C13H11ClN4O/c1-2-29-19-23-18-13(8-11-9-14(21)17(27)15(22)10-11)16(12-6-4-3-5-7-12)25-26(18)20(28)24-19;1-8-4-14(23)22-16(19-8)11(9(2)20-22)5-10-6-12(17)15(13(18)7-10)21-26(3,24)25;1-7-10(14-19-18-8(2)21(14)20-7)4-9-5-11(15(23)17-3)13(22)12(16)6-9;1-3-22-14-18-17-13-9(7(2)19-20(13)14)4-8-5-10(15)12(21)11(16)6-8;1-6-9(13-16-7(2)18-19(13)17-6)3-8-4-10(14)12(20)11(15)5-8;1-7-10(13-15-8(2)17-18(13)16-7)5-9-3-4-12(19)11(14)6-9/h3-10,27H,2H2,1H3;4-7,21H,1-3H3;4-6,22H,1-3H3,(H,17,23);4-6,21H,3H2,1-2H3;3-5,20H,1-2H3;3-6,19H,1-2H3/b13-8-;11-5-;10-4-;9-4-;9-3-;10-5-. The molecule has 19 rings (SSSR count). The first-order valence-electron chi connectivity index (χ1n) is 41.1. The number of amides is 1. The summed E-state index contributed by atoms with van der Waals surface area (Å²) in [6.45, 7) is 20.5. The van der Waals surface area contributed by atoms with Crippen molar-refractivity contribution in [1.82, 2.24) is 119 Å². The molecule has 19 aromatic rings. The van der Waals surface area contributed by atoms with Crippen molar-refractivity contribution < 1.29 is 38.7 Å². The Balaban J connectivity index is 0.000000134. The summed E-state index contributed by atoms with van der Waals surface area (Å²) in [4.78, 5) is 58.0. The third-order valence-corrected chi connectivity index (χ3v) is 25.2. The van der Waals surface area contributed by atoms with E-state index in [-0.39, 0.29) is 90.8 Å². The second-order valence-corrected chi connectivity index (χ2v) is 38.7. The van der Waals surface area contributed by atoms with Crippen LogP contribution in [-0.2, 0) is 10.0 Å². The number of aryl methyl sites for hydroxylation is 9. The number of phenols is 5. The van der Waals surface area contributed by atoms with Gasteiger partial charge in [-0.15, -0.1) is 39.9 Å². The number of fused-ring (bicyclic) bond motifs is 6. The van der Waals surface area contributed by atoms with Crippen LogP contribution in [0.25, 0.3) is 81.6 Å². The third kappa shape index (κ3) is 23.0. The number of nitrogens with one attached hydrogen (secondary N) is 2. The van der Waals surface area contributed by atoms with E-state index < -0.39 is 21.6 Å². The molecule has 7 aromatic carbocycles. The molecule has 0 saturated carbocycles. The lowest BCUT2D eigenvalue weighted by Gasteiger charge is -2.09. The SMILES string of the molecule is CCSc1nc(=O)n2nc(-c3ccccc3)/c(=C/c3cc(Cl)c(O)c(Cl)c3)c2n1.CCSc1nnc2/c(=C\c3cc(Cl)c(O)c(Cl)c3)c(C)nn12.CNC(=O)c1cc(/C=c2/c(C)nn3c(C)nnc23)cc(Cl)c1O.Cc1cc(=O)n2nc(C)/c(=C/c3cc(Cl)c(NS(C)(=O)=O)c(Cl)c3)c2n1.Cc1nc2/c(=C\c3cc(Cl)c(O)c(Cl)c3)c(C)nn2n1.Cc1nc2/c(=C\c3ccc(O)c(Cl)c3)c(C)nn2n1. The van der Waals surface area contributed by atoms with Gasteiger partial charge in [0.2, 0.25) is 15.2 Å². The summed E-state index contributed by atoms with van der Waals surface area (Å²) >= 11 is 63.1. The van der Waals surface area contributed by atoms with Crippen LogP contribution in [0.2, 0.25) is 50.2 Å². The van der Waals surface area contributed by atoms with Crippen molar-refractivity contribution in [1.29, 1.82) is 0 Å². The molecule has 48 heteroatoms. The molecule has 12 heterocycles. The van der Waals surface area contributed by atoms with Crippen LogP contribution in [0.5, 0.6) is 28.7 Å². The van der Waals surface area contributed by atoms with Gasteiger partial charge in [-0.05, 0) is 216 Å². The number of rotatable bonds is 14. The van der Waals surface area contributed by atoms with Crippen LogP contribution in [-0.4, -0.2) is 178 Å². The number of aromatic hydroxyl groups is 5. The highest BCUT2D eigenvalue weighted by Gasteiger charge is 2.22. The summed E-state index contributed by atoms with van der Waals surface area (Å²) in [6.07, 6.45) is 12.0. The van der Waals surface area contributed by atoms with Gasteiger partial charge in [-0.25, -0.2) is 33.1 Å². The fourth-order valence-corrected chi connectivity index (χ4v) is 18.2. The minimum Gasteiger partial charge on any atom is -0.506 e. The quantitative estimate of drug-likeness (QED) is 0.0497. The number of halogens is 10. The van der Waals surface area contributed by atoms with Gasteiger partial charge < -0.3 is 30.8 Å². The molecule has 712 valence electrons. The lowest BCUT2D eigenvalue weighted by molar-refractivity contribution is 0.0960. The molecule has 0 saturated heterocycles. The van der Waals surface area contributed by atoms with Gasteiger partial charge >= 0.3 is 5.69 Å². The monoisotopic (exact) mass is 2120 g/mol. The molecule has 35 nitrogen and oxygen atoms in total. The molecule has 139 heavy (non-hydrogen) atoms. The van der Waals surface area contributed by atoms with Gasteiger partial charge in [0.25, 0.3) is 11.5 Å². The van der Waals surface area contributed by atoms with Crippen LogP contribution in [0.1, 0.15) is 109 Å². The predicted octanol–water partition coefficient (Wildman–Crippen LogP) is 13.8. The topological polar surface area (TPSA) is 456 Å². The maximum absolute atomic E-state index is 12.5. The van der Waals surface area contributed by atoms with E-state index in [1.165, 1.54) is 43.2 Å². The summed E-state index contributed by atoms with van der Waals surface area (Å²) in [5, 5.41) is 109. The van der Waals surface area contributed by atoms with Gasteiger partial charge in [-0.3, -0.25) is 14.3 Å². The molecule has 0 bridgehead atoms.